The van der Waals surface area contributed by atoms with Gasteiger partial charge in [-0.25, -0.2) is 4.79 Å². The van der Waals surface area contributed by atoms with Gasteiger partial charge in [-0.3, -0.25) is 9.69 Å². The molecule has 2 aromatic carbocycles. The SMILES string of the molecule is CC(C)(C)OC(=O)N(Cc1ccc(O)cc1)[C@H](Cc1cccc(C#N)c1)C(N)=O. The number of carbonyl (C=O) groups is 2. The lowest BCUT2D eigenvalue weighted by Crippen LogP contribution is -2.50. The number of carbonyl (C=O) groups excluding carboxylic acids is 2. The summed E-state index contributed by atoms with van der Waals surface area (Å²) in [6.07, 6.45) is -0.534. The minimum atomic E-state index is -0.979. The van der Waals surface area contributed by atoms with Crippen molar-refractivity contribution in [2.45, 2.75) is 45.4 Å². The lowest BCUT2D eigenvalue weighted by atomic mass is 10.0. The van der Waals surface area contributed by atoms with E-state index in [1.165, 1.54) is 17.0 Å². The third-order valence-electron chi connectivity index (χ3n) is 4.11. The summed E-state index contributed by atoms with van der Waals surface area (Å²) < 4.78 is 5.49. The Bertz CT molecular complexity index is 911. The minimum absolute atomic E-state index is 0.0702. The van der Waals surface area contributed by atoms with E-state index in [-0.39, 0.29) is 18.7 Å². The molecule has 2 amide bonds. The number of nitrogens with zero attached hydrogens (tertiary/aromatic N) is 2. The number of aromatic hydroxyl groups is 1. The minimum Gasteiger partial charge on any atom is -0.508 e. The van der Waals surface area contributed by atoms with Crippen LogP contribution in [0.15, 0.2) is 48.5 Å². The van der Waals surface area contributed by atoms with Crippen molar-refractivity contribution >= 4 is 12.0 Å². The predicted molar refractivity (Wildman–Crippen MR) is 108 cm³/mol. The Labute approximate surface area is 170 Å². The van der Waals surface area contributed by atoms with Gasteiger partial charge in [-0.15, -0.1) is 0 Å². The quantitative estimate of drug-likeness (QED) is 0.779. The molecule has 0 heterocycles. The number of hydrogen-bond acceptors (Lipinski definition) is 5. The van der Waals surface area contributed by atoms with Gasteiger partial charge >= 0.3 is 6.09 Å². The average Bonchev–Trinajstić information content (AvgIpc) is 2.64. The van der Waals surface area contributed by atoms with Crippen LogP contribution in [0.2, 0.25) is 0 Å². The predicted octanol–water partition coefficient (Wildman–Crippen LogP) is 3.10. The van der Waals surface area contributed by atoms with Crippen molar-refractivity contribution in [1.82, 2.24) is 4.90 Å². The number of ether oxygens (including phenoxy) is 1. The molecule has 0 spiro atoms. The molecule has 29 heavy (non-hydrogen) atoms. The summed E-state index contributed by atoms with van der Waals surface area (Å²) in [7, 11) is 0. The summed E-state index contributed by atoms with van der Waals surface area (Å²) in [4.78, 5) is 26.4. The van der Waals surface area contributed by atoms with Gasteiger partial charge in [0.1, 0.15) is 17.4 Å². The smallest absolute Gasteiger partial charge is 0.411 e. The van der Waals surface area contributed by atoms with Gasteiger partial charge in [0.05, 0.1) is 11.6 Å². The number of phenols is 1. The summed E-state index contributed by atoms with van der Waals surface area (Å²) in [5.41, 5.74) is 6.74. The van der Waals surface area contributed by atoms with Gasteiger partial charge in [-0.2, -0.15) is 5.26 Å². The molecule has 7 nitrogen and oxygen atoms in total. The molecule has 2 rings (SSSR count). The van der Waals surface area contributed by atoms with E-state index in [9.17, 15) is 14.7 Å². The van der Waals surface area contributed by atoms with Crippen LogP contribution in [0, 0.1) is 11.3 Å². The van der Waals surface area contributed by atoms with Crippen LogP contribution in [0.5, 0.6) is 5.75 Å². The van der Waals surface area contributed by atoms with E-state index in [0.717, 1.165) is 0 Å². The molecule has 0 saturated carbocycles. The highest BCUT2D eigenvalue weighted by atomic mass is 16.6. The van der Waals surface area contributed by atoms with Crippen molar-refractivity contribution in [2.75, 3.05) is 0 Å². The average molecular weight is 395 g/mol. The molecule has 152 valence electrons. The summed E-state index contributed by atoms with van der Waals surface area (Å²) in [5, 5.41) is 18.6. The molecule has 7 heteroatoms. The Morgan fingerprint density at radius 3 is 2.38 bits per heavy atom. The maximum atomic E-state index is 12.9. The summed E-state index contributed by atoms with van der Waals surface area (Å²) >= 11 is 0. The highest BCUT2D eigenvalue weighted by Gasteiger charge is 2.32. The lowest BCUT2D eigenvalue weighted by molar-refractivity contribution is -0.123. The van der Waals surface area contributed by atoms with Crippen LogP contribution in [0.3, 0.4) is 0 Å². The van der Waals surface area contributed by atoms with Crippen molar-refractivity contribution in [3.8, 4) is 11.8 Å². The fourth-order valence-corrected chi connectivity index (χ4v) is 2.78. The molecule has 0 aliphatic heterocycles. The second-order valence-electron chi connectivity index (χ2n) is 7.71. The number of primary amides is 1. The molecule has 0 aliphatic rings. The summed E-state index contributed by atoms with van der Waals surface area (Å²) in [6, 6.07) is 14.2. The number of nitriles is 1. The lowest BCUT2D eigenvalue weighted by Gasteiger charge is -2.32. The Balaban J connectivity index is 2.37. The third-order valence-corrected chi connectivity index (χ3v) is 4.11. The maximum Gasteiger partial charge on any atom is 0.411 e. The largest absolute Gasteiger partial charge is 0.508 e. The van der Waals surface area contributed by atoms with Crippen LogP contribution in [0.25, 0.3) is 0 Å². The van der Waals surface area contributed by atoms with E-state index < -0.39 is 23.6 Å². The first-order valence-corrected chi connectivity index (χ1v) is 9.15. The zero-order valence-electron chi connectivity index (χ0n) is 16.8. The van der Waals surface area contributed by atoms with Gasteiger partial charge in [-0.05, 0) is 56.2 Å². The Morgan fingerprint density at radius 1 is 1.17 bits per heavy atom. The number of phenolic OH excluding ortho intramolecular Hbond substituents is 1. The monoisotopic (exact) mass is 395 g/mol. The van der Waals surface area contributed by atoms with Crippen LogP contribution < -0.4 is 5.73 Å². The van der Waals surface area contributed by atoms with E-state index in [2.05, 4.69) is 6.07 Å². The van der Waals surface area contributed by atoms with Crippen molar-refractivity contribution in [1.29, 1.82) is 5.26 Å². The zero-order chi connectivity index (χ0) is 21.6. The highest BCUT2D eigenvalue weighted by molar-refractivity contribution is 5.84. The number of benzene rings is 2. The first-order chi connectivity index (χ1) is 13.6. The van der Waals surface area contributed by atoms with E-state index in [4.69, 9.17) is 15.7 Å². The number of amides is 2. The molecule has 1 atom stereocenters. The van der Waals surface area contributed by atoms with E-state index in [1.54, 1.807) is 57.2 Å². The fraction of sp³-hybridized carbons (Fsp3) is 0.318. The normalized spacial score (nSPS) is 11.9. The fourth-order valence-electron chi connectivity index (χ4n) is 2.78. The number of rotatable bonds is 6. The van der Waals surface area contributed by atoms with Crippen LogP contribution in [-0.4, -0.2) is 33.6 Å². The van der Waals surface area contributed by atoms with Gasteiger partial charge in [0.2, 0.25) is 5.91 Å². The van der Waals surface area contributed by atoms with Gasteiger partial charge in [0.25, 0.3) is 0 Å². The maximum absolute atomic E-state index is 12.9. The Kier molecular flexibility index (Phi) is 6.84. The molecule has 0 fully saturated rings. The standard InChI is InChI=1S/C22H25N3O4/c1-22(2,3)29-21(28)25(14-15-7-9-18(26)10-8-15)19(20(24)27)12-16-5-4-6-17(11-16)13-23/h4-11,19,26H,12,14H2,1-3H3,(H2,24,27)/t19-/m1/s1. The van der Waals surface area contributed by atoms with Crippen molar-refractivity contribution in [2.24, 2.45) is 5.73 Å². The van der Waals surface area contributed by atoms with E-state index in [1.807, 2.05) is 0 Å². The Morgan fingerprint density at radius 2 is 1.83 bits per heavy atom. The van der Waals surface area contributed by atoms with E-state index >= 15 is 0 Å². The number of nitrogens with two attached hydrogens (primary N) is 1. The molecular weight excluding hydrogens is 370 g/mol. The molecule has 3 N–H and O–H groups in total. The summed E-state index contributed by atoms with van der Waals surface area (Å²) in [6.45, 7) is 5.28. The first kappa shape index (κ1) is 21.8. The summed E-state index contributed by atoms with van der Waals surface area (Å²) in [5.74, 6) is -0.589. The van der Waals surface area contributed by atoms with Gasteiger partial charge < -0.3 is 15.6 Å². The van der Waals surface area contributed by atoms with Crippen LogP contribution >= 0.6 is 0 Å². The first-order valence-electron chi connectivity index (χ1n) is 9.15. The second-order valence-corrected chi connectivity index (χ2v) is 7.71. The van der Waals surface area contributed by atoms with Crippen LogP contribution in [0.1, 0.15) is 37.5 Å². The topological polar surface area (TPSA) is 117 Å². The molecule has 0 aromatic heterocycles. The third kappa shape index (κ3) is 6.54. The molecule has 0 radical (unpaired) electrons. The molecule has 2 aromatic rings. The van der Waals surface area contributed by atoms with Crippen LogP contribution in [-0.2, 0) is 22.5 Å². The van der Waals surface area contributed by atoms with Crippen molar-refractivity contribution in [3.05, 3.63) is 65.2 Å². The van der Waals surface area contributed by atoms with Gasteiger partial charge in [0, 0.05) is 13.0 Å². The number of hydrogen-bond donors (Lipinski definition) is 2. The van der Waals surface area contributed by atoms with Crippen molar-refractivity contribution < 1.29 is 19.4 Å². The molecule has 0 bridgehead atoms. The van der Waals surface area contributed by atoms with Crippen LogP contribution in [0.4, 0.5) is 4.79 Å². The highest BCUT2D eigenvalue weighted by Crippen LogP contribution is 2.20. The Hall–Kier alpha value is -3.53. The van der Waals surface area contributed by atoms with Crippen molar-refractivity contribution in [3.63, 3.8) is 0 Å². The molecule has 0 saturated heterocycles. The van der Waals surface area contributed by atoms with Gasteiger partial charge in [0.15, 0.2) is 0 Å². The van der Waals surface area contributed by atoms with E-state index in [0.29, 0.717) is 16.7 Å². The zero-order valence-corrected chi connectivity index (χ0v) is 16.8. The molecule has 0 unspecified atom stereocenters. The second kappa shape index (κ2) is 9.11. The molecule has 0 aliphatic carbocycles. The molecular formula is C22H25N3O4. The van der Waals surface area contributed by atoms with Gasteiger partial charge in [-0.1, -0.05) is 24.3 Å².